The van der Waals surface area contributed by atoms with Crippen LogP contribution in [0, 0.1) is 5.92 Å². The molecule has 0 amide bonds. The highest BCUT2D eigenvalue weighted by Crippen LogP contribution is 2.26. The zero-order chi connectivity index (χ0) is 13.4. The zero-order valence-electron chi connectivity index (χ0n) is 11.9. The van der Waals surface area contributed by atoms with Crippen LogP contribution < -0.4 is 0 Å². The summed E-state index contributed by atoms with van der Waals surface area (Å²) in [6.07, 6.45) is 8.23. The molecule has 0 aliphatic heterocycles. The molecule has 3 nitrogen and oxygen atoms in total. The van der Waals surface area contributed by atoms with Gasteiger partial charge in [-0.3, -0.25) is 0 Å². The Hall–Kier alpha value is -0.830. The Morgan fingerprint density at radius 3 is 2.50 bits per heavy atom. The molecule has 0 aromatic rings. The van der Waals surface area contributed by atoms with Crippen LogP contribution in [-0.2, 0) is 14.3 Å². The molecule has 0 radical (unpaired) electrons. The van der Waals surface area contributed by atoms with Crippen molar-refractivity contribution in [1.82, 2.24) is 0 Å². The minimum atomic E-state index is -0.218. The van der Waals surface area contributed by atoms with Gasteiger partial charge in [-0.2, -0.15) is 0 Å². The lowest BCUT2D eigenvalue weighted by molar-refractivity contribution is -0.143. The van der Waals surface area contributed by atoms with Crippen LogP contribution in [0.25, 0.3) is 0 Å². The molecule has 0 aromatic carbocycles. The van der Waals surface area contributed by atoms with Gasteiger partial charge in [-0.15, -0.1) is 0 Å². The predicted octanol–water partition coefficient (Wildman–Crippen LogP) is 3.48. The first-order chi connectivity index (χ1) is 8.63. The van der Waals surface area contributed by atoms with E-state index < -0.39 is 0 Å². The van der Waals surface area contributed by atoms with Crippen LogP contribution in [0.15, 0.2) is 11.6 Å². The Labute approximate surface area is 111 Å². The van der Waals surface area contributed by atoms with Gasteiger partial charge in [0.2, 0.25) is 0 Å². The summed E-state index contributed by atoms with van der Waals surface area (Å²) in [5.74, 6) is 0.304. The van der Waals surface area contributed by atoms with Gasteiger partial charge in [0, 0.05) is 6.61 Å². The predicted molar refractivity (Wildman–Crippen MR) is 72.4 cm³/mol. The maximum Gasteiger partial charge on any atom is 0.336 e. The van der Waals surface area contributed by atoms with Gasteiger partial charge >= 0.3 is 5.97 Å². The lowest BCUT2D eigenvalue weighted by atomic mass is 9.88. The number of ether oxygens (including phenoxy) is 2. The highest BCUT2D eigenvalue weighted by Gasteiger charge is 2.17. The van der Waals surface area contributed by atoms with Gasteiger partial charge in [0.05, 0.1) is 18.3 Å². The van der Waals surface area contributed by atoms with Crippen LogP contribution in [0.3, 0.4) is 0 Å². The summed E-state index contributed by atoms with van der Waals surface area (Å²) in [6, 6.07) is 0. The van der Waals surface area contributed by atoms with E-state index in [0.717, 1.165) is 0 Å². The second-order valence-electron chi connectivity index (χ2n) is 5.18. The largest absolute Gasteiger partial charge is 0.460 e. The number of esters is 1. The molecule has 0 saturated heterocycles. The number of hydrogen-bond acceptors (Lipinski definition) is 3. The Morgan fingerprint density at radius 1 is 1.28 bits per heavy atom. The molecular formula is C15H26O3. The van der Waals surface area contributed by atoms with Crippen molar-refractivity contribution in [2.75, 3.05) is 13.2 Å². The molecule has 0 spiro atoms. The average molecular weight is 254 g/mol. The third-order valence-electron chi connectivity index (χ3n) is 3.15. The highest BCUT2D eigenvalue weighted by molar-refractivity contribution is 5.88. The van der Waals surface area contributed by atoms with Gasteiger partial charge in [0.25, 0.3) is 0 Å². The van der Waals surface area contributed by atoms with Crippen molar-refractivity contribution in [3.05, 3.63) is 11.6 Å². The molecule has 3 heteroatoms. The molecule has 1 rings (SSSR count). The molecule has 0 atom stereocenters. The Kier molecular flexibility index (Phi) is 7.02. The van der Waals surface area contributed by atoms with Gasteiger partial charge < -0.3 is 9.47 Å². The van der Waals surface area contributed by atoms with E-state index in [1.807, 2.05) is 20.8 Å². The summed E-state index contributed by atoms with van der Waals surface area (Å²) < 4.78 is 10.6. The first-order valence-corrected chi connectivity index (χ1v) is 7.13. The minimum Gasteiger partial charge on any atom is -0.460 e. The maximum atomic E-state index is 12.0. The van der Waals surface area contributed by atoms with Gasteiger partial charge in [0.15, 0.2) is 0 Å². The number of carbonyl (C=O) groups excluding carboxylic acids is 1. The van der Waals surface area contributed by atoms with Crippen molar-refractivity contribution in [2.45, 2.75) is 59.0 Å². The summed E-state index contributed by atoms with van der Waals surface area (Å²) in [4.78, 5) is 12.0. The van der Waals surface area contributed by atoms with Crippen LogP contribution in [0.2, 0.25) is 0 Å². The van der Waals surface area contributed by atoms with Crippen LogP contribution in [0.1, 0.15) is 52.9 Å². The molecule has 0 N–H and O–H groups in total. The summed E-state index contributed by atoms with van der Waals surface area (Å²) in [7, 11) is 0. The fourth-order valence-corrected chi connectivity index (χ4v) is 2.26. The van der Waals surface area contributed by atoms with E-state index in [-0.39, 0.29) is 12.1 Å². The van der Waals surface area contributed by atoms with Crippen molar-refractivity contribution < 1.29 is 14.3 Å². The first kappa shape index (κ1) is 15.2. The molecule has 1 aliphatic rings. The van der Waals surface area contributed by atoms with Gasteiger partial charge in [-0.05, 0) is 39.5 Å². The van der Waals surface area contributed by atoms with E-state index in [0.29, 0.717) is 24.7 Å². The summed E-state index contributed by atoms with van der Waals surface area (Å²) in [6.45, 7) is 6.68. The fraction of sp³-hybridized carbons (Fsp3) is 0.800. The third-order valence-corrected chi connectivity index (χ3v) is 3.15. The molecule has 0 heterocycles. The minimum absolute atomic E-state index is 0.0751. The number of allylic oxidation sites excluding steroid dienone is 1. The van der Waals surface area contributed by atoms with E-state index in [1.54, 1.807) is 0 Å². The molecule has 0 unspecified atom stereocenters. The molecule has 1 fully saturated rings. The molecule has 0 aromatic heterocycles. The second kappa shape index (κ2) is 8.30. The summed E-state index contributed by atoms with van der Waals surface area (Å²) >= 11 is 0. The van der Waals surface area contributed by atoms with E-state index in [1.165, 1.54) is 32.1 Å². The van der Waals surface area contributed by atoms with Crippen molar-refractivity contribution in [2.24, 2.45) is 5.92 Å². The number of carbonyl (C=O) groups is 1. The van der Waals surface area contributed by atoms with E-state index >= 15 is 0 Å². The van der Waals surface area contributed by atoms with Crippen LogP contribution in [0.5, 0.6) is 0 Å². The van der Waals surface area contributed by atoms with E-state index in [9.17, 15) is 4.79 Å². The van der Waals surface area contributed by atoms with Crippen molar-refractivity contribution in [3.63, 3.8) is 0 Å². The van der Waals surface area contributed by atoms with Crippen LogP contribution in [-0.4, -0.2) is 25.3 Å². The summed E-state index contributed by atoms with van der Waals surface area (Å²) in [5, 5.41) is 0. The topological polar surface area (TPSA) is 35.5 Å². The Morgan fingerprint density at radius 2 is 1.94 bits per heavy atom. The third kappa shape index (κ3) is 5.67. The maximum absolute atomic E-state index is 12.0. The van der Waals surface area contributed by atoms with Crippen molar-refractivity contribution >= 4 is 5.97 Å². The lowest BCUT2D eigenvalue weighted by Gasteiger charge is -2.20. The second-order valence-corrected chi connectivity index (χ2v) is 5.18. The monoisotopic (exact) mass is 254 g/mol. The smallest absolute Gasteiger partial charge is 0.336 e. The highest BCUT2D eigenvalue weighted by atomic mass is 16.5. The zero-order valence-corrected chi connectivity index (χ0v) is 11.9. The van der Waals surface area contributed by atoms with Crippen LogP contribution >= 0.6 is 0 Å². The SMILES string of the molecule is CCOCC(=CC1CCCCC1)C(=O)OC(C)C. The van der Waals surface area contributed by atoms with Gasteiger partial charge in [-0.25, -0.2) is 4.79 Å². The molecule has 0 bridgehead atoms. The Bertz CT molecular complexity index is 275. The molecule has 1 aliphatic carbocycles. The van der Waals surface area contributed by atoms with Gasteiger partial charge in [0.1, 0.15) is 0 Å². The molecule has 18 heavy (non-hydrogen) atoms. The Balaban J connectivity index is 2.62. The van der Waals surface area contributed by atoms with Crippen molar-refractivity contribution in [3.8, 4) is 0 Å². The van der Waals surface area contributed by atoms with E-state index in [2.05, 4.69) is 6.08 Å². The number of hydrogen-bond donors (Lipinski definition) is 0. The van der Waals surface area contributed by atoms with Crippen molar-refractivity contribution in [1.29, 1.82) is 0 Å². The van der Waals surface area contributed by atoms with E-state index in [4.69, 9.17) is 9.47 Å². The number of rotatable bonds is 6. The fourth-order valence-electron chi connectivity index (χ4n) is 2.26. The quantitative estimate of drug-likeness (QED) is 0.537. The average Bonchev–Trinajstić information content (AvgIpc) is 2.34. The van der Waals surface area contributed by atoms with Crippen LogP contribution in [0.4, 0.5) is 0 Å². The normalized spacial score (nSPS) is 18.1. The first-order valence-electron chi connectivity index (χ1n) is 7.13. The molecular weight excluding hydrogens is 228 g/mol. The summed E-state index contributed by atoms with van der Waals surface area (Å²) in [5.41, 5.74) is 0.692. The van der Waals surface area contributed by atoms with Gasteiger partial charge in [-0.1, -0.05) is 25.3 Å². The standard InChI is InChI=1S/C15H26O3/c1-4-17-11-14(15(16)18-12(2)3)10-13-8-6-5-7-9-13/h10,12-13H,4-9,11H2,1-3H3. The lowest BCUT2D eigenvalue weighted by Crippen LogP contribution is -2.18. The molecule has 104 valence electrons. The molecule has 1 saturated carbocycles.